The minimum absolute atomic E-state index is 0.0390. The number of aliphatic hydroxyl groups excluding tert-OH is 1. The minimum atomic E-state index is -1.21. The summed E-state index contributed by atoms with van der Waals surface area (Å²) < 4.78 is 5.62. The molecule has 10 nitrogen and oxygen atoms in total. The van der Waals surface area contributed by atoms with Gasteiger partial charge in [-0.15, -0.1) is 0 Å². The van der Waals surface area contributed by atoms with E-state index in [4.69, 9.17) is 4.74 Å². The van der Waals surface area contributed by atoms with Crippen LogP contribution in [0, 0.1) is 23.7 Å². The summed E-state index contributed by atoms with van der Waals surface area (Å²) in [5, 5.41) is 19.1. The van der Waals surface area contributed by atoms with Gasteiger partial charge in [-0.25, -0.2) is 0 Å². The first-order valence-electron chi connectivity index (χ1n) is 14.5. The zero-order valence-electron chi connectivity index (χ0n) is 26.0. The van der Waals surface area contributed by atoms with Crippen LogP contribution in [-0.2, 0) is 23.9 Å². The molecule has 4 N–H and O–H groups in total. The fourth-order valence-corrected chi connectivity index (χ4v) is 4.79. The Kier molecular flexibility index (Phi) is 13.4. The van der Waals surface area contributed by atoms with E-state index in [1.165, 1.54) is 18.7 Å². The van der Waals surface area contributed by atoms with Gasteiger partial charge in [0, 0.05) is 25.9 Å². The number of amides is 4. The van der Waals surface area contributed by atoms with E-state index in [-0.39, 0.29) is 35.3 Å². The molecule has 0 aromatic carbocycles. The molecular formula is C29H54N4O6. The van der Waals surface area contributed by atoms with Gasteiger partial charge < -0.3 is 30.7 Å². The van der Waals surface area contributed by atoms with Crippen molar-refractivity contribution in [2.24, 2.45) is 23.7 Å². The Hall–Kier alpha value is -2.20. The molecule has 1 saturated heterocycles. The van der Waals surface area contributed by atoms with Crippen LogP contribution in [0.2, 0.25) is 0 Å². The Morgan fingerprint density at radius 2 is 1.36 bits per heavy atom. The van der Waals surface area contributed by atoms with Crippen molar-refractivity contribution in [1.29, 1.82) is 0 Å². The molecule has 10 heteroatoms. The number of hydrogen-bond acceptors (Lipinski definition) is 6. The van der Waals surface area contributed by atoms with Crippen LogP contribution in [0.5, 0.6) is 0 Å². The number of epoxide rings is 1. The highest BCUT2D eigenvalue weighted by Gasteiger charge is 2.48. The molecule has 0 aromatic rings. The average Bonchev–Trinajstić information content (AvgIpc) is 3.61. The zero-order chi connectivity index (χ0) is 30.2. The SMILES string of the molecule is CC[C@H](C)[C@H](NC(=O)[C@H]([C@@H](C)CC)N(C)C(C)=O)C(=O)NC(C(=O)N[C@@H](CC(C)C)C(C)[C@@]1(C)CO1)[C@@H](C)O. The number of ether oxygens (including phenoxy) is 1. The second-order valence-electron chi connectivity index (χ2n) is 12.2. The van der Waals surface area contributed by atoms with Crippen molar-refractivity contribution in [3.63, 3.8) is 0 Å². The fraction of sp³-hybridized carbons (Fsp3) is 0.862. The lowest BCUT2D eigenvalue weighted by Crippen LogP contribution is -2.62. The number of rotatable bonds is 16. The van der Waals surface area contributed by atoms with Crippen molar-refractivity contribution in [2.45, 2.75) is 124 Å². The third kappa shape index (κ3) is 9.74. The summed E-state index contributed by atoms with van der Waals surface area (Å²) in [4.78, 5) is 53.7. The van der Waals surface area contributed by atoms with Gasteiger partial charge in [-0.2, -0.15) is 0 Å². The average molecular weight is 555 g/mol. The zero-order valence-corrected chi connectivity index (χ0v) is 26.0. The molecule has 9 atom stereocenters. The van der Waals surface area contributed by atoms with Crippen molar-refractivity contribution in [3.8, 4) is 0 Å². The maximum Gasteiger partial charge on any atom is 0.245 e. The molecule has 1 fully saturated rings. The molecule has 226 valence electrons. The first kappa shape index (κ1) is 34.8. The Morgan fingerprint density at radius 3 is 1.77 bits per heavy atom. The molecule has 1 aliphatic heterocycles. The number of carbonyl (C=O) groups is 4. The van der Waals surface area contributed by atoms with Crippen molar-refractivity contribution in [3.05, 3.63) is 0 Å². The molecule has 39 heavy (non-hydrogen) atoms. The van der Waals surface area contributed by atoms with Gasteiger partial charge in [-0.3, -0.25) is 19.2 Å². The molecule has 1 heterocycles. The largest absolute Gasteiger partial charge is 0.391 e. The van der Waals surface area contributed by atoms with Crippen LogP contribution in [0.4, 0.5) is 0 Å². The monoisotopic (exact) mass is 554 g/mol. The third-order valence-corrected chi connectivity index (χ3v) is 8.44. The Balaban J connectivity index is 3.14. The number of nitrogens with zero attached hydrogens (tertiary/aromatic N) is 1. The summed E-state index contributed by atoms with van der Waals surface area (Å²) >= 11 is 0. The summed E-state index contributed by atoms with van der Waals surface area (Å²) in [5.41, 5.74) is -0.304. The lowest BCUT2D eigenvalue weighted by Gasteiger charge is -2.34. The standard InChI is InChI=1S/C29H54N4O6/c1-12-17(5)23(31-28(38)25(18(6)13-2)33(11)21(9)35)26(36)32-24(20(8)34)27(37)30-22(14-16(3)4)19(7)29(10)15-39-29/h16-20,22-25,34H,12-15H2,1-11H3,(H,30,37)(H,31,38)(H,32,36)/t17-,18-,19?,20+,22-,23-,24?,25-,29+/m0/s1. The molecule has 1 aliphatic rings. The number of carbonyl (C=O) groups excluding carboxylic acids is 4. The smallest absolute Gasteiger partial charge is 0.245 e. The number of nitrogens with one attached hydrogen (secondary N) is 3. The van der Waals surface area contributed by atoms with Gasteiger partial charge in [-0.05, 0) is 38.0 Å². The van der Waals surface area contributed by atoms with E-state index in [0.29, 0.717) is 25.4 Å². The van der Waals surface area contributed by atoms with Crippen LogP contribution in [0.15, 0.2) is 0 Å². The van der Waals surface area contributed by atoms with E-state index < -0.39 is 42.0 Å². The lowest BCUT2D eigenvalue weighted by atomic mass is 9.84. The van der Waals surface area contributed by atoms with Gasteiger partial charge >= 0.3 is 0 Å². The quantitative estimate of drug-likeness (QED) is 0.216. The van der Waals surface area contributed by atoms with Crippen molar-refractivity contribution in [2.75, 3.05) is 13.7 Å². The molecule has 0 aromatic heterocycles. The van der Waals surface area contributed by atoms with E-state index in [9.17, 15) is 24.3 Å². The molecule has 0 aliphatic carbocycles. The molecule has 2 unspecified atom stereocenters. The highest BCUT2D eigenvalue weighted by Crippen LogP contribution is 2.38. The van der Waals surface area contributed by atoms with Crippen LogP contribution in [0.1, 0.15) is 88.5 Å². The molecule has 0 bridgehead atoms. The first-order chi connectivity index (χ1) is 18.0. The summed E-state index contributed by atoms with van der Waals surface area (Å²) in [5.74, 6) is -1.75. The van der Waals surface area contributed by atoms with E-state index >= 15 is 0 Å². The molecule has 0 radical (unpaired) electrons. The van der Waals surface area contributed by atoms with Crippen LogP contribution >= 0.6 is 0 Å². The first-order valence-corrected chi connectivity index (χ1v) is 14.5. The van der Waals surface area contributed by atoms with E-state index in [2.05, 4.69) is 29.8 Å². The van der Waals surface area contributed by atoms with Crippen molar-refractivity contribution >= 4 is 23.6 Å². The Bertz CT molecular complexity index is 844. The highest BCUT2D eigenvalue weighted by atomic mass is 16.6. The number of hydrogen-bond donors (Lipinski definition) is 4. The predicted octanol–water partition coefficient (Wildman–Crippen LogP) is 2.23. The predicted molar refractivity (Wildman–Crippen MR) is 152 cm³/mol. The third-order valence-electron chi connectivity index (χ3n) is 8.44. The summed E-state index contributed by atoms with van der Waals surface area (Å²) in [6.45, 7) is 19.2. The second-order valence-corrected chi connectivity index (χ2v) is 12.2. The number of aliphatic hydroxyl groups is 1. The summed E-state index contributed by atoms with van der Waals surface area (Å²) in [7, 11) is 1.58. The maximum absolute atomic E-state index is 13.5. The highest BCUT2D eigenvalue weighted by molar-refractivity contribution is 5.94. The van der Waals surface area contributed by atoms with E-state index in [0.717, 1.165) is 6.42 Å². The maximum atomic E-state index is 13.5. The molecule has 4 amide bonds. The van der Waals surface area contributed by atoms with Crippen LogP contribution in [-0.4, -0.2) is 83.2 Å². The van der Waals surface area contributed by atoms with Gasteiger partial charge in [0.1, 0.15) is 18.1 Å². The fourth-order valence-electron chi connectivity index (χ4n) is 4.79. The van der Waals surface area contributed by atoms with Gasteiger partial charge in [-0.1, -0.05) is 61.3 Å². The normalized spacial score (nSPS) is 22.9. The minimum Gasteiger partial charge on any atom is -0.391 e. The summed E-state index contributed by atoms with van der Waals surface area (Å²) in [6.07, 6.45) is 0.813. The topological polar surface area (TPSA) is 140 Å². The second kappa shape index (κ2) is 15.0. The molecule has 0 spiro atoms. The van der Waals surface area contributed by atoms with Gasteiger partial charge in [0.05, 0.1) is 18.3 Å². The van der Waals surface area contributed by atoms with Crippen LogP contribution in [0.3, 0.4) is 0 Å². The number of likely N-dealkylation sites (N-methyl/N-ethyl adjacent to an activating group) is 1. The van der Waals surface area contributed by atoms with Crippen LogP contribution in [0.25, 0.3) is 0 Å². The van der Waals surface area contributed by atoms with E-state index in [1.807, 2.05) is 41.5 Å². The van der Waals surface area contributed by atoms with Crippen molar-refractivity contribution in [1.82, 2.24) is 20.9 Å². The Labute approximate surface area is 235 Å². The van der Waals surface area contributed by atoms with Gasteiger partial charge in [0.2, 0.25) is 23.6 Å². The Morgan fingerprint density at radius 1 is 0.872 bits per heavy atom. The molecule has 0 saturated carbocycles. The van der Waals surface area contributed by atoms with E-state index in [1.54, 1.807) is 7.05 Å². The van der Waals surface area contributed by atoms with Gasteiger partial charge in [0.25, 0.3) is 0 Å². The molecule has 1 rings (SSSR count). The summed E-state index contributed by atoms with van der Waals surface area (Å²) in [6, 6.07) is -3.10. The molecular weight excluding hydrogens is 500 g/mol. The van der Waals surface area contributed by atoms with Crippen molar-refractivity contribution < 1.29 is 29.0 Å². The lowest BCUT2D eigenvalue weighted by molar-refractivity contribution is -0.141. The van der Waals surface area contributed by atoms with Gasteiger partial charge in [0.15, 0.2) is 0 Å². The van der Waals surface area contributed by atoms with Crippen LogP contribution < -0.4 is 16.0 Å².